The van der Waals surface area contributed by atoms with Crippen LogP contribution < -0.4 is 5.32 Å². The van der Waals surface area contributed by atoms with Crippen LogP contribution in [-0.2, 0) is 4.79 Å². The quantitative estimate of drug-likeness (QED) is 0.594. The highest BCUT2D eigenvalue weighted by atomic mass is 16.3. The van der Waals surface area contributed by atoms with Crippen LogP contribution in [0, 0.1) is 0 Å². The van der Waals surface area contributed by atoms with Gasteiger partial charge in [0.25, 0.3) is 0 Å². The van der Waals surface area contributed by atoms with E-state index >= 15 is 0 Å². The van der Waals surface area contributed by atoms with Gasteiger partial charge in [-0.25, -0.2) is 0 Å². The third-order valence-corrected chi connectivity index (χ3v) is 2.69. The third kappa shape index (κ3) is 3.64. The fraction of sp³-hybridized carbons (Fsp3) is 0.900. The molecule has 1 aliphatic rings. The zero-order valence-corrected chi connectivity index (χ0v) is 8.62. The second-order valence-electron chi connectivity index (χ2n) is 4.24. The van der Waals surface area contributed by atoms with Gasteiger partial charge in [-0.05, 0) is 32.6 Å². The molecule has 14 heavy (non-hydrogen) atoms. The van der Waals surface area contributed by atoms with Crippen molar-refractivity contribution in [2.24, 2.45) is 0 Å². The van der Waals surface area contributed by atoms with Crippen LogP contribution in [0.15, 0.2) is 0 Å². The van der Waals surface area contributed by atoms with E-state index in [1.165, 1.54) is 0 Å². The molecule has 0 spiro atoms. The Kier molecular flexibility index (Phi) is 3.89. The van der Waals surface area contributed by atoms with E-state index in [-0.39, 0.29) is 5.91 Å². The summed E-state index contributed by atoms with van der Waals surface area (Å²) in [5.74, 6) is -0.0915. The maximum atomic E-state index is 11.2. The molecule has 0 radical (unpaired) electrons. The molecule has 0 bridgehead atoms. The molecule has 4 nitrogen and oxygen atoms in total. The van der Waals surface area contributed by atoms with Gasteiger partial charge in [0.15, 0.2) is 0 Å². The number of hydrogen-bond acceptors (Lipinski definition) is 3. The van der Waals surface area contributed by atoms with Gasteiger partial charge in [-0.15, -0.1) is 0 Å². The predicted molar refractivity (Wildman–Crippen MR) is 52.7 cm³/mol. The summed E-state index contributed by atoms with van der Waals surface area (Å²) in [4.78, 5) is 11.2. The Labute approximate surface area is 84.3 Å². The lowest BCUT2D eigenvalue weighted by Crippen LogP contribution is -2.47. The molecule has 1 atom stereocenters. The van der Waals surface area contributed by atoms with Crippen molar-refractivity contribution < 1.29 is 15.0 Å². The molecular formula is C10H19NO3. The van der Waals surface area contributed by atoms with Gasteiger partial charge in [0.2, 0.25) is 5.91 Å². The predicted octanol–water partition coefficient (Wildman–Crippen LogP) is 0.179. The van der Waals surface area contributed by atoms with Gasteiger partial charge in [-0.1, -0.05) is 0 Å². The Morgan fingerprint density at radius 2 is 2.21 bits per heavy atom. The first-order chi connectivity index (χ1) is 6.52. The van der Waals surface area contributed by atoms with Gasteiger partial charge in [0, 0.05) is 13.0 Å². The number of aliphatic hydroxyl groups excluding tert-OH is 1. The summed E-state index contributed by atoms with van der Waals surface area (Å²) in [6.45, 7) is 2.01. The van der Waals surface area contributed by atoms with Crippen molar-refractivity contribution >= 4 is 5.91 Å². The fourth-order valence-corrected chi connectivity index (χ4v) is 1.45. The minimum Gasteiger partial charge on any atom is -0.393 e. The first-order valence-electron chi connectivity index (χ1n) is 5.19. The molecule has 4 heteroatoms. The molecule has 0 saturated heterocycles. The second kappa shape index (κ2) is 4.75. The minimum atomic E-state index is -0.652. The van der Waals surface area contributed by atoms with Crippen molar-refractivity contribution in [3.63, 3.8) is 0 Å². The van der Waals surface area contributed by atoms with Crippen molar-refractivity contribution in [3.05, 3.63) is 0 Å². The molecule has 1 saturated carbocycles. The molecule has 82 valence electrons. The summed E-state index contributed by atoms with van der Waals surface area (Å²) in [6, 6.07) is 0. The third-order valence-electron chi connectivity index (χ3n) is 2.69. The van der Waals surface area contributed by atoms with Gasteiger partial charge < -0.3 is 15.5 Å². The monoisotopic (exact) mass is 201 g/mol. The largest absolute Gasteiger partial charge is 0.393 e. The number of aliphatic hydroxyl groups is 2. The number of amides is 1. The summed E-state index contributed by atoms with van der Waals surface area (Å²) in [5.41, 5.74) is -0.652. The molecule has 1 unspecified atom stereocenters. The van der Waals surface area contributed by atoms with Crippen LogP contribution in [0.2, 0.25) is 0 Å². The molecule has 1 fully saturated rings. The van der Waals surface area contributed by atoms with Crippen molar-refractivity contribution in [1.82, 2.24) is 5.32 Å². The van der Waals surface area contributed by atoms with E-state index in [1.54, 1.807) is 6.92 Å². The Balaban J connectivity index is 2.08. The smallest absolute Gasteiger partial charge is 0.220 e. The van der Waals surface area contributed by atoms with Crippen LogP contribution in [0.4, 0.5) is 0 Å². The summed E-state index contributed by atoms with van der Waals surface area (Å²) < 4.78 is 0. The Morgan fingerprint density at radius 3 is 2.64 bits per heavy atom. The number of carbonyl (C=O) groups is 1. The Bertz CT molecular complexity index is 200. The summed E-state index contributed by atoms with van der Waals surface area (Å²) in [6.07, 6.45) is 2.97. The van der Waals surface area contributed by atoms with E-state index < -0.39 is 11.7 Å². The SMILES string of the molecule is CC(O)CCC(=O)NCC1(O)CCC1. The van der Waals surface area contributed by atoms with Gasteiger partial charge >= 0.3 is 0 Å². The number of nitrogens with one attached hydrogen (secondary N) is 1. The standard InChI is InChI=1S/C10H19NO3/c1-8(12)3-4-9(13)11-7-10(14)5-2-6-10/h8,12,14H,2-7H2,1H3,(H,11,13). The summed E-state index contributed by atoms with van der Waals surface area (Å²) in [7, 11) is 0. The molecular weight excluding hydrogens is 182 g/mol. The van der Waals surface area contributed by atoms with Crippen LogP contribution in [0.1, 0.15) is 39.0 Å². The lowest BCUT2D eigenvalue weighted by molar-refractivity contribution is -0.124. The van der Waals surface area contributed by atoms with Crippen molar-refractivity contribution in [1.29, 1.82) is 0 Å². The van der Waals surface area contributed by atoms with E-state index in [1.807, 2.05) is 0 Å². The van der Waals surface area contributed by atoms with E-state index in [4.69, 9.17) is 5.11 Å². The zero-order valence-electron chi connectivity index (χ0n) is 8.62. The Morgan fingerprint density at radius 1 is 1.57 bits per heavy atom. The van der Waals surface area contributed by atoms with Crippen molar-refractivity contribution in [2.45, 2.75) is 50.7 Å². The number of rotatable bonds is 5. The maximum absolute atomic E-state index is 11.2. The van der Waals surface area contributed by atoms with Crippen LogP contribution in [-0.4, -0.2) is 34.4 Å². The molecule has 3 N–H and O–H groups in total. The highest BCUT2D eigenvalue weighted by molar-refractivity contribution is 5.75. The highest BCUT2D eigenvalue weighted by Gasteiger charge is 2.34. The molecule has 1 amide bonds. The van der Waals surface area contributed by atoms with Gasteiger partial charge in [-0.3, -0.25) is 4.79 Å². The van der Waals surface area contributed by atoms with E-state index in [0.717, 1.165) is 19.3 Å². The van der Waals surface area contributed by atoms with Crippen LogP contribution in [0.3, 0.4) is 0 Å². The van der Waals surface area contributed by atoms with Gasteiger partial charge in [-0.2, -0.15) is 0 Å². The number of carbonyl (C=O) groups excluding carboxylic acids is 1. The zero-order chi connectivity index (χ0) is 10.6. The van der Waals surface area contributed by atoms with Crippen molar-refractivity contribution in [2.75, 3.05) is 6.54 Å². The molecule has 1 aliphatic carbocycles. The normalized spacial score (nSPS) is 21.1. The molecule has 0 aliphatic heterocycles. The Hall–Kier alpha value is -0.610. The molecule has 0 heterocycles. The van der Waals surface area contributed by atoms with Crippen LogP contribution in [0.5, 0.6) is 0 Å². The molecule has 0 aromatic heterocycles. The summed E-state index contributed by atoms with van der Waals surface area (Å²) >= 11 is 0. The fourth-order valence-electron chi connectivity index (χ4n) is 1.45. The van der Waals surface area contributed by atoms with Crippen LogP contribution >= 0.6 is 0 Å². The first-order valence-corrected chi connectivity index (χ1v) is 5.19. The minimum absolute atomic E-state index is 0.0915. The molecule has 1 rings (SSSR count). The molecule has 0 aromatic carbocycles. The second-order valence-corrected chi connectivity index (χ2v) is 4.24. The van der Waals surface area contributed by atoms with Gasteiger partial charge in [0.05, 0.1) is 11.7 Å². The topological polar surface area (TPSA) is 69.6 Å². The molecule has 0 aromatic rings. The summed E-state index contributed by atoms with van der Waals surface area (Å²) in [5, 5.41) is 21.3. The number of hydrogen-bond donors (Lipinski definition) is 3. The average molecular weight is 201 g/mol. The highest BCUT2D eigenvalue weighted by Crippen LogP contribution is 2.30. The van der Waals surface area contributed by atoms with E-state index in [0.29, 0.717) is 19.4 Å². The van der Waals surface area contributed by atoms with E-state index in [2.05, 4.69) is 5.32 Å². The lowest BCUT2D eigenvalue weighted by atomic mass is 9.80. The lowest BCUT2D eigenvalue weighted by Gasteiger charge is -2.36. The van der Waals surface area contributed by atoms with Crippen LogP contribution in [0.25, 0.3) is 0 Å². The van der Waals surface area contributed by atoms with Gasteiger partial charge in [0.1, 0.15) is 0 Å². The maximum Gasteiger partial charge on any atom is 0.220 e. The average Bonchev–Trinajstić information content (AvgIpc) is 2.08. The van der Waals surface area contributed by atoms with Crippen molar-refractivity contribution in [3.8, 4) is 0 Å². The first kappa shape index (κ1) is 11.5. The van der Waals surface area contributed by atoms with E-state index in [9.17, 15) is 9.90 Å².